The summed E-state index contributed by atoms with van der Waals surface area (Å²) < 4.78 is 85.1. The van der Waals surface area contributed by atoms with Crippen molar-refractivity contribution in [3.8, 4) is 0 Å². The van der Waals surface area contributed by atoms with E-state index in [0.717, 1.165) is 45.9 Å². The minimum absolute atomic E-state index is 0.0442. The number of carbonyl (C=O) groups excluding carboxylic acids is 5. The molecule has 4 N–H and O–H groups in total. The summed E-state index contributed by atoms with van der Waals surface area (Å²) in [6, 6.07) is 9.18. The zero-order valence-electron chi connectivity index (χ0n) is 47.4. The first-order valence-corrected chi connectivity index (χ1v) is 29.5. The lowest BCUT2D eigenvalue weighted by Gasteiger charge is -2.28. The summed E-state index contributed by atoms with van der Waals surface area (Å²) in [5.41, 5.74) is 0.755. The van der Waals surface area contributed by atoms with Crippen LogP contribution in [0.2, 0.25) is 0 Å². The third-order valence-corrected chi connectivity index (χ3v) is 15.4. The molecule has 0 radical (unpaired) electrons. The van der Waals surface area contributed by atoms with Crippen molar-refractivity contribution in [2.45, 2.75) is 211 Å². The number of benzene rings is 2. The van der Waals surface area contributed by atoms with Crippen LogP contribution < -0.4 is 15.1 Å². The zero-order valence-corrected chi connectivity index (χ0v) is 49.0. The summed E-state index contributed by atoms with van der Waals surface area (Å²) in [6.45, 7) is 27.4. The molecule has 2 aliphatic rings. The second kappa shape index (κ2) is 25.2. The van der Waals surface area contributed by atoms with E-state index < -0.39 is 77.6 Å². The average molecular weight is 1100 g/mol. The standard InChI is InChI=1S/C57H85N3O14S2/c1-15-59-45-29-27-41(75(66,67)68)36-43(45)56(11,12)47(59)23-21-24-48-57(13,14)44-37-42(76(69,70)71)28-30-46(44)60(48)33-20-16-17-25-49(62)58-32-19-18-22-38(51(64)73-54(5,6)7)34-40(61)35-39(52(65)74-55(8,9)10)26-31-50(63)72-53(2,3)4/h21,23-24,27-30,36-39,48H,15-20,22,25-26,31-35H2,1-14H3,(H,58,62)(H,66,67,68)(H,69,70,71)/p+1/b24-21+,47-23+/t38-,39+,48?/m0/s1. The SMILES string of the molecule is CCN1/C(=C/C=C/C2[NH+](CCCCCC(=O)NCCCC[C@@H](CC(=O)C[C@@H](CCC(=O)OC(C)(C)C)C(=O)OC(C)(C)C)C(=O)OC(C)(C)C)c3ccc(S(=O)(=O)O)cc3C2(C)C)C(C)(C)c2cc(S(=O)(=O)O)ccc21. The second-order valence-electron chi connectivity index (χ2n) is 24.3. The molecule has 0 aliphatic carbocycles. The molecule has 0 aromatic heterocycles. The van der Waals surface area contributed by atoms with Gasteiger partial charge in [-0.25, -0.2) is 0 Å². The van der Waals surface area contributed by atoms with E-state index in [4.69, 9.17) is 14.2 Å². The molecule has 0 fully saturated rings. The first kappa shape index (κ1) is 63.6. The van der Waals surface area contributed by atoms with Crippen LogP contribution in [0.15, 0.2) is 70.1 Å². The molecule has 0 saturated carbocycles. The first-order valence-electron chi connectivity index (χ1n) is 26.6. The number of rotatable bonds is 25. The number of fused-ring (bicyclic) bond motifs is 2. The van der Waals surface area contributed by atoms with E-state index in [9.17, 15) is 49.9 Å². The Bertz CT molecular complexity index is 2720. The highest BCUT2D eigenvalue weighted by Crippen LogP contribution is 2.48. The quantitative estimate of drug-likeness (QED) is 0.0314. The number of esters is 3. The van der Waals surface area contributed by atoms with Gasteiger partial charge in [-0.15, -0.1) is 0 Å². The van der Waals surface area contributed by atoms with Gasteiger partial charge in [-0.2, -0.15) is 16.8 Å². The first-order chi connectivity index (χ1) is 34.9. The van der Waals surface area contributed by atoms with Crippen LogP contribution in [0.4, 0.5) is 11.4 Å². The molecule has 17 nitrogen and oxygen atoms in total. The maximum absolute atomic E-state index is 13.6. The molecule has 424 valence electrons. The van der Waals surface area contributed by atoms with Gasteiger partial charge >= 0.3 is 17.9 Å². The van der Waals surface area contributed by atoms with Crippen LogP contribution in [0.25, 0.3) is 0 Å². The highest BCUT2D eigenvalue weighted by Gasteiger charge is 2.48. The Morgan fingerprint density at radius 1 is 0.711 bits per heavy atom. The van der Waals surface area contributed by atoms with Gasteiger partial charge in [0, 0.05) is 67.2 Å². The fraction of sp³-hybridized carbons (Fsp3) is 0.632. The Hall–Kier alpha value is -4.95. The molecule has 4 rings (SSSR count). The van der Waals surface area contributed by atoms with Gasteiger partial charge < -0.3 is 24.4 Å². The van der Waals surface area contributed by atoms with Gasteiger partial charge in [-0.05, 0) is 170 Å². The number of nitrogens with zero attached hydrogens (tertiary/aromatic N) is 1. The molecule has 2 aromatic rings. The molecule has 0 saturated heterocycles. The number of anilines is 1. The lowest BCUT2D eigenvalue weighted by atomic mass is 9.80. The number of quaternary nitrogens is 1. The van der Waals surface area contributed by atoms with E-state index in [-0.39, 0.29) is 53.2 Å². The number of Topliss-reactive ketones (excluding diaryl/α,β-unsaturated/α-hetero) is 1. The molecular weight excluding hydrogens is 1010 g/mol. The summed E-state index contributed by atoms with van der Waals surface area (Å²) in [6.07, 6.45) is 9.47. The van der Waals surface area contributed by atoms with E-state index in [0.29, 0.717) is 51.7 Å². The lowest BCUT2D eigenvalue weighted by molar-refractivity contribution is -0.850. The number of ketones is 1. The minimum atomic E-state index is -4.47. The number of amides is 1. The van der Waals surface area contributed by atoms with Crippen molar-refractivity contribution in [3.05, 3.63) is 71.5 Å². The third kappa shape index (κ3) is 18.1. The fourth-order valence-corrected chi connectivity index (χ4v) is 11.1. The van der Waals surface area contributed by atoms with Gasteiger partial charge in [-0.3, -0.25) is 38.0 Å². The van der Waals surface area contributed by atoms with E-state index >= 15 is 0 Å². The Balaban J connectivity index is 1.36. The molecule has 2 heterocycles. The maximum Gasteiger partial charge on any atom is 0.309 e. The van der Waals surface area contributed by atoms with Crippen molar-refractivity contribution in [2.75, 3.05) is 24.5 Å². The summed E-state index contributed by atoms with van der Waals surface area (Å²) in [7, 11) is -8.88. The van der Waals surface area contributed by atoms with Crippen LogP contribution in [0.5, 0.6) is 0 Å². The number of allylic oxidation sites excluding steroid dienone is 3. The number of ether oxygens (including phenoxy) is 3. The number of unbranched alkanes of at least 4 members (excludes halogenated alkanes) is 3. The Morgan fingerprint density at radius 3 is 1.79 bits per heavy atom. The van der Waals surface area contributed by atoms with Gasteiger partial charge in [0.25, 0.3) is 20.2 Å². The second-order valence-corrected chi connectivity index (χ2v) is 27.1. The molecule has 76 heavy (non-hydrogen) atoms. The molecule has 19 heteroatoms. The molecule has 2 aromatic carbocycles. The molecule has 2 aliphatic heterocycles. The average Bonchev–Trinajstić information content (AvgIpc) is 3.61. The summed E-state index contributed by atoms with van der Waals surface area (Å²) in [5.74, 6) is -3.77. The molecule has 2 unspecified atom stereocenters. The monoisotopic (exact) mass is 1100 g/mol. The van der Waals surface area contributed by atoms with Crippen molar-refractivity contribution in [3.63, 3.8) is 0 Å². The zero-order chi connectivity index (χ0) is 57.4. The molecule has 1 amide bonds. The van der Waals surface area contributed by atoms with Crippen LogP contribution in [0.3, 0.4) is 0 Å². The van der Waals surface area contributed by atoms with E-state index in [1.54, 1.807) is 80.5 Å². The van der Waals surface area contributed by atoms with Crippen molar-refractivity contribution in [2.24, 2.45) is 11.8 Å². The predicted molar refractivity (Wildman–Crippen MR) is 291 cm³/mol. The predicted octanol–water partition coefficient (Wildman–Crippen LogP) is 8.85. The number of hydrogen-bond acceptors (Lipinski definition) is 13. The van der Waals surface area contributed by atoms with Crippen LogP contribution in [-0.4, -0.2) is 98.0 Å². The van der Waals surface area contributed by atoms with Crippen LogP contribution in [0, 0.1) is 11.8 Å². The van der Waals surface area contributed by atoms with Crippen molar-refractivity contribution >= 4 is 61.2 Å². The molecular formula is C57H86N3O14S2+. The topological polar surface area (TPSA) is 241 Å². The molecule has 4 atom stereocenters. The maximum atomic E-state index is 13.6. The Kier molecular flexibility index (Phi) is 21.1. The smallest absolute Gasteiger partial charge is 0.309 e. The normalized spacial score (nSPS) is 18.7. The molecule has 0 spiro atoms. The third-order valence-electron chi connectivity index (χ3n) is 13.7. The van der Waals surface area contributed by atoms with Gasteiger partial charge in [0.15, 0.2) is 0 Å². The Labute approximate surface area is 452 Å². The highest BCUT2D eigenvalue weighted by molar-refractivity contribution is 7.86. The van der Waals surface area contributed by atoms with Crippen LogP contribution in [-0.2, 0) is 69.2 Å². The highest BCUT2D eigenvalue weighted by atomic mass is 32.2. The fourth-order valence-electron chi connectivity index (χ4n) is 10.1. The largest absolute Gasteiger partial charge is 0.460 e. The van der Waals surface area contributed by atoms with E-state index in [1.165, 1.54) is 18.2 Å². The van der Waals surface area contributed by atoms with Gasteiger partial charge in [0.05, 0.1) is 33.6 Å². The van der Waals surface area contributed by atoms with Crippen molar-refractivity contribution < 1.29 is 69.0 Å². The summed E-state index contributed by atoms with van der Waals surface area (Å²) in [5, 5.41) is 2.97. The van der Waals surface area contributed by atoms with Gasteiger partial charge in [0.1, 0.15) is 34.3 Å². The summed E-state index contributed by atoms with van der Waals surface area (Å²) in [4.78, 5) is 68.6. The number of hydrogen-bond donors (Lipinski definition) is 4. The van der Waals surface area contributed by atoms with Gasteiger partial charge in [-0.1, -0.05) is 26.3 Å². The molecule has 0 bridgehead atoms. The van der Waals surface area contributed by atoms with Crippen molar-refractivity contribution in [1.82, 2.24) is 5.32 Å². The van der Waals surface area contributed by atoms with Crippen LogP contribution >= 0.6 is 0 Å². The number of carbonyl (C=O) groups is 5. The number of nitrogens with one attached hydrogen (secondary N) is 2. The lowest BCUT2D eigenvalue weighted by Crippen LogP contribution is -3.10. The van der Waals surface area contributed by atoms with Crippen LogP contribution in [0.1, 0.15) is 179 Å². The van der Waals surface area contributed by atoms with E-state index in [2.05, 4.69) is 16.3 Å². The minimum Gasteiger partial charge on any atom is -0.460 e. The number of likely N-dealkylation sites (N-methyl/N-ethyl adjacent to an activating group) is 1. The Morgan fingerprint density at radius 2 is 1.25 bits per heavy atom. The van der Waals surface area contributed by atoms with Gasteiger partial charge in [0.2, 0.25) is 5.91 Å². The van der Waals surface area contributed by atoms with E-state index in [1.807, 2.05) is 46.8 Å². The summed E-state index contributed by atoms with van der Waals surface area (Å²) >= 11 is 0. The van der Waals surface area contributed by atoms with Crippen molar-refractivity contribution in [1.29, 1.82) is 0 Å².